The lowest BCUT2D eigenvalue weighted by Crippen LogP contribution is -2.54. The number of hydrogen-bond donors (Lipinski definition) is 0. The van der Waals surface area contributed by atoms with E-state index in [4.69, 9.17) is 4.74 Å². The molecule has 4 aliphatic rings. The summed E-state index contributed by atoms with van der Waals surface area (Å²) in [6, 6.07) is 0. The summed E-state index contributed by atoms with van der Waals surface area (Å²) < 4.78 is 5.67. The van der Waals surface area contributed by atoms with Crippen LogP contribution in [0.3, 0.4) is 0 Å². The van der Waals surface area contributed by atoms with Gasteiger partial charge in [0.2, 0.25) is 0 Å². The predicted octanol–water partition coefficient (Wildman–Crippen LogP) is 8.68. The van der Waals surface area contributed by atoms with E-state index < -0.39 is 0 Å². The lowest BCUT2D eigenvalue weighted by molar-refractivity contribution is -0.160. The molecule has 0 aromatic rings. The fourth-order valence-electron chi connectivity index (χ4n) is 10.2. The topological polar surface area (TPSA) is 26.3 Å². The molecule has 10 atom stereocenters. The van der Waals surface area contributed by atoms with Crippen molar-refractivity contribution in [1.29, 1.82) is 0 Å². The van der Waals surface area contributed by atoms with Crippen LogP contribution in [-0.4, -0.2) is 12.1 Å². The van der Waals surface area contributed by atoms with Gasteiger partial charge in [-0.2, -0.15) is 0 Å². The molecule has 0 aromatic carbocycles. The zero-order chi connectivity index (χ0) is 24.0. The van der Waals surface area contributed by atoms with Crippen LogP contribution >= 0.6 is 0 Å². The van der Waals surface area contributed by atoms with Crippen molar-refractivity contribution in [3.8, 4) is 0 Å². The molecule has 0 N–H and O–H groups in total. The molecule has 2 nitrogen and oxygen atoms in total. The minimum Gasteiger partial charge on any atom is -0.463 e. The third kappa shape index (κ3) is 4.67. The standard InChI is InChI=1S/C31H54O2/c1-8-23(20(2)3)10-9-21(4)27-13-14-28-26-12-11-24-19-25(33-22(5)32)15-17-30(24,6)29(26)16-18-31(27,28)7/h20-21,23-29H,8-19H2,1-7H3/t21-,23-,24+,25+,26+,27+,28+,29-,30-,31-/m1/s1. The second kappa shape index (κ2) is 9.85. The van der Waals surface area contributed by atoms with Gasteiger partial charge in [-0.1, -0.05) is 54.4 Å². The highest BCUT2D eigenvalue weighted by Crippen LogP contribution is 2.68. The second-order valence-electron chi connectivity index (χ2n) is 13.9. The highest BCUT2D eigenvalue weighted by molar-refractivity contribution is 5.66. The molecule has 0 amide bonds. The molecular weight excluding hydrogens is 404 g/mol. The highest BCUT2D eigenvalue weighted by atomic mass is 16.5. The monoisotopic (exact) mass is 458 g/mol. The van der Waals surface area contributed by atoms with Crippen molar-refractivity contribution in [2.45, 2.75) is 132 Å². The van der Waals surface area contributed by atoms with Crippen molar-refractivity contribution in [2.24, 2.45) is 58.2 Å². The maximum Gasteiger partial charge on any atom is 0.302 e. The Labute approximate surface area is 205 Å². The molecule has 4 fully saturated rings. The lowest BCUT2D eigenvalue weighted by atomic mass is 9.44. The molecule has 4 saturated carbocycles. The summed E-state index contributed by atoms with van der Waals surface area (Å²) in [5, 5.41) is 0. The summed E-state index contributed by atoms with van der Waals surface area (Å²) in [5.74, 6) is 7.06. The highest BCUT2D eigenvalue weighted by Gasteiger charge is 2.60. The van der Waals surface area contributed by atoms with Gasteiger partial charge in [0.05, 0.1) is 0 Å². The van der Waals surface area contributed by atoms with Gasteiger partial charge in [-0.05, 0) is 122 Å². The van der Waals surface area contributed by atoms with Gasteiger partial charge in [-0.3, -0.25) is 4.79 Å². The van der Waals surface area contributed by atoms with Crippen LogP contribution in [0.2, 0.25) is 0 Å². The second-order valence-corrected chi connectivity index (χ2v) is 13.9. The van der Waals surface area contributed by atoms with Crippen LogP contribution in [-0.2, 0) is 9.53 Å². The number of esters is 1. The van der Waals surface area contributed by atoms with E-state index in [1.807, 2.05) is 0 Å². The van der Waals surface area contributed by atoms with Crippen LogP contribution in [0, 0.1) is 58.2 Å². The molecule has 0 aromatic heterocycles. The van der Waals surface area contributed by atoms with Crippen LogP contribution in [0.1, 0.15) is 126 Å². The maximum absolute atomic E-state index is 11.5. The fraction of sp³-hybridized carbons (Fsp3) is 0.968. The average Bonchev–Trinajstić information content (AvgIpc) is 3.11. The maximum atomic E-state index is 11.5. The first-order valence-electron chi connectivity index (χ1n) is 14.8. The van der Waals surface area contributed by atoms with Crippen LogP contribution in [0.5, 0.6) is 0 Å². The summed E-state index contributed by atoms with van der Waals surface area (Å²) in [5.41, 5.74) is 1.06. The molecule has 0 aliphatic heterocycles. The SMILES string of the molecule is CC[C@H](CC[C@@H](C)[C@@H]1CC[C@H]2[C@@H]3CC[C@H]4C[C@@H](OC(C)=O)CC[C@@]4(C)[C@@H]3CC[C@@]21C)C(C)C. The molecule has 2 heteroatoms. The van der Waals surface area contributed by atoms with Gasteiger partial charge in [-0.15, -0.1) is 0 Å². The normalized spacial score (nSPS) is 44.5. The zero-order valence-electron chi connectivity index (χ0n) is 23.0. The molecule has 190 valence electrons. The van der Waals surface area contributed by atoms with E-state index in [2.05, 4.69) is 41.5 Å². The van der Waals surface area contributed by atoms with E-state index in [1.54, 1.807) is 6.92 Å². The Morgan fingerprint density at radius 2 is 1.61 bits per heavy atom. The van der Waals surface area contributed by atoms with E-state index in [0.717, 1.165) is 60.2 Å². The first-order valence-corrected chi connectivity index (χ1v) is 14.8. The van der Waals surface area contributed by atoms with Crippen molar-refractivity contribution < 1.29 is 9.53 Å². The first-order chi connectivity index (χ1) is 15.6. The first kappa shape index (κ1) is 25.6. The van der Waals surface area contributed by atoms with Crippen LogP contribution in [0.4, 0.5) is 0 Å². The molecule has 0 spiro atoms. The van der Waals surface area contributed by atoms with Gasteiger partial charge in [0.15, 0.2) is 0 Å². The van der Waals surface area contributed by atoms with E-state index in [0.29, 0.717) is 10.8 Å². The minimum atomic E-state index is -0.0875. The number of fused-ring (bicyclic) bond motifs is 5. The number of ether oxygens (including phenoxy) is 1. The van der Waals surface area contributed by atoms with Gasteiger partial charge in [0.25, 0.3) is 0 Å². The number of carbonyl (C=O) groups excluding carboxylic acids is 1. The molecule has 33 heavy (non-hydrogen) atoms. The zero-order valence-corrected chi connectivity index (χ0v) is 23.0. The summed E-state index contributed by atoms with van der Waals surface area (Å²) in [6.45, 7) is 16.8. The van der Waals surface area contributed by atoms with Gasteiger partial charge in [0.1, 0.15) is 6.10 Å². The molecule has 4 rings (SSSR count). The predicted molar refractivity (Wildman–Crippen MR) is 138 cm³/mol. The molecule has 0 bridgehead atoms. The minimum absolute atomic E-state index is 0.0875. The van der Waals surface area contributed by atoms with E-state index in [-0.39, 0.29) is 12.1 Å². The Kier molecular flexibility index (Phi) is 7.63. The lowest BCUT2D eigenvalue weighted by Gasteiger charge is -2.61. The van der Waals surface area contributed by atoms with Gasteiger partial charge < -0.3 is 4.74 Å². The van der Waals surface area contributed by atoms with E-state index >= 15 is 0 Å². The van der Waals surface area contributed by atoms with Crippen molar-refractivity contribution in [2.75, 3.05) is 0 Å². The summed E-state index contributed by atoms with van der Waals surface area (Å²) >= 11 is 0. The Bertz CT molecular complexity index is 684. The molecular formula is C31H54O2. The average molecular weight is 459 g/mol. The van der Waals surface area contributed by atoms with Crippen molar-refractivity contribution in [3.63, 3.8) is 0 Å². The fourth-order valence-corrected chi connectivity index (χ4v) is 10.2. The van der Waals surface area contributed by atoms with Gasteiger partial charge in [0, 0.05) is 6.92 Å². The van der Waals surface area contributed by atoms with Gasteiger partial charge in [-0.25, -0.2) is 0 Å². The van der Waals surface area contributed by atoms with E-state index in [1.165, 1.54) is 64.2 Å². The van der Waals surface area contributed by atoms with Gasteiger partial charge >= 0.3 is 5.97 Å². The Balaban J connectivity index is 1.42. The molecule has 0 unspecified atom stereocenters. The third-order valence-electron chi connectivity index (χ3n) is 12.2. The Hall–Kier alpha value is -0.530. The van der Waals surface area contributed by atoms with E-state index in [9.17, 15) is 4.79 Å². The van der Waals surface area contributed by atoms with Crippen LogP contribution < -0.4 is 0 Å². The van der Waals surface area contributed by atoms with Crippen LogP contribution in [0.15, 0.2) is 0 Å². The number of hydrogen-bond acceptors (Lipinski definition) is 2. The van der Waals surface area contributed by atoms with Crippen molar-refractivity contribution in [3.05, 3.63) is 0 Å². The summed E-state index contributed by atoms with van der Waals surface area (Å²) in [7, 11) is 0. The summed E-state index contributed by atoms with van der Waals surface area (Å²) in [6.07, 6.45) is 16.6. The molecule has 0 heterocycles. The smallest absolute Gasteiger partial charge is 0.302 e. The quantitative estimate of drug-likeness (QED) is 0.357. The van der Waals surface area contributed by atoms with Crippen LogP contribution in [0.25, 0.3) is 0 Å². The molecule has 4 aliphatic carbocycles. The number of rotatable bonds is 7. The number of carbonyl (C=O) groups is 1. The van der Waals surface area contributed by atoms with Crippen molar-refractivity contribution >= 4 is 5.97 Å². The molecule has 0 saturated heterocycles. The Morgan fingerprint density at radius 3 is 2.27 bits per heavy atom. The molecule has 0 radical (unpaired) electrons. The van der Waals surface area contributed by atoms with Crippen molar-refractivity contribution in [1.82, 2.24) is 0 Å². The summed E-state index contributed by atoms with van der Waals surface area (Å²) in [4.78, 5) is 11.5. The largest absolute Gasteiger partial charge is 0.463 e. The third-order valence-corrected chi connectivity index (χ3v) is 12.2. The Morgan fingerprint density at radius 1 is 0.909 bits per heavy atom.